The number of unbranched alkanes of at least 4 members (excludes halogenated alkanes) is 1. The first kappa shape index (κ1) is 31.7. The molecule has 1 unspecified atom stereocenters. The lowest BCUT2D eigenvalue weighted by molar-refractivity contribution is -0.137. The van der Waals surface area contributed by atoms with Gasteiger partial charge in [-0.2, -0.15) is 4.31 Å². The van der Waals surface area contributed by atoms with Crippen LogP contribution < -0.4 is 20.3 Å². The van der Waals surface area contributed by atoms with Gasteiger partial charge in [-0.25, -0.2) is 9.00 Å². The van der Waals surface area contributed by atoms with E-state index in [1.54, 1.807) is 36.4 Å². The van der Waals surface area contributed by atoms with Crippen LogP contribution in [0.3, 0.4) is 0 Å². The van der Waals surface area contributed by atoms with E-state index in [1.165, 1.54) is 16.3 Å². The largest absolute Gasteiger partial charge is 0.496 e. The minimum Gasteiger partial charge on any atom is -0.496 e. The monoisotopic (exact) mass is 588 g/mol. The summed E-state index contributed by atoms with van der Waals surface area (Å²) in [5, 5.41) is 13.9. The van der Waals surface area contributed by atoms with Gasteiger partial charge in [0.1, 0.15) is 5.75 Å². The van der Waals surface area contributed by atoms with Crippen LogP contribution in [0.5, 0.6) is 5.75 Å². The number of urea groups is 1. The van der Waals surface area contributed by atoms with Crippen molar-refractivity contribution < 1.29 is 37.8 Å². The van der Waals surface area contributed by atoms with E-state index in [-0.39, 0.29) is 43.9 Å². The molecule has 0 spiro atoms. The number of hydrogen-bond donors (Lipinski definition) is 4. The highest BCUT2D eigenvalue weighted by Gasteiger charge is 2.30. The Bertz CT molecular complexity index is 1320. The second-order valence-electron chi connectivity index (χ2n) is 10.7. The molecule has 2 aromatic rings. The predicted octanol–water partition coefficient (Wildman–Crippen LogP) is 3.88. The Labute approximate surface area is 241 Å². The van der Waals surface area contributed by atoms with E-state index in [0.29, 0.717) is 35.5 Å². The van der Waals surface area contributed by atoms with E-state index in [1.807, 2.05) is 20.8 Å². The normalized spacial score (nSPS) is 14.5. The van der Waals surface area contributed by atoms with Crippen LogP contribution in [-0.4, -0.2) is 62.2 Å². The van der Waals surface area contributed by atoms with E-state index >= 15 is 0 Å². The molecule has 1 heterocycles. The van der Waals surface area contributed by atoms with Crippen molar-refractivity contribution in [1.82, 2.24) is 9.62 Å². The molecule has 0 aromatic heterocycles. The number of carbonyl (C=O) groups is 4. The molecule has 13 heteroatoms. The summed E-state index contributed by atoms with van der Waals surface area (Å²) in [4.78, 5) is 49.8. The molecule has 4 N–H and O–H groups in total. The number of anilines is 2. The number of carboxylic acids is 1. The fraction of sp³-hybridized carbons (Fsp3) is 0.429. The lowest BCUT2D eigenvalue weighted by atomic mass is 9.84. The number of rotatable bonds is 12. The summed E-state index contributed by atoms with van der Waals surface area (Å²) in [6, 6.07) is 9.56. The summed E-state index contributed by atoms with van der Waals surface area (Å²) in [7, 11) is 1.47. The molecule has 0 radical (unpaired) electrons. The van der Waals surface area contributed by atoms with Gasteiger partial charge in [-0.05, 0) is 48.1 Å². The molecule has 0 bridgehead atoms. The minimum atomic E-state index is -2.23. The van der Waals surface area contributed by atoms with Crippen LogP contribution in [0.15, 0.2) is 36.4 Å². The molecule has 3 rings (SSSR count). The van der Waals surface area contributed by atoms with Crippen molar-refractivity contribution in [3.8, 4) is 5.75 Å². The van der Waals surface area contributed by atoms with Gasteiger partial charge < -0.3 is 15.2 Å². The fourth-order valence-corrected chi connectivity index (χ4v) is 4.94. The summed E-state index contributed by atoms with van der Waals surface area (Å²) >= 11 is -2.23. The van der Waals surface area contributed by atoms with Gasteiger partial charge in [-0.15, -0.1) is 0 Å². The molecule has 0 aliphatic carbocycles. The number of methoxy groups -OCH3 is 1. The summed E-state index contributed by atoms with van der Waals surface area (Å²) in [6.45, 7) is 6.48. The Balaban J connectivity index is 1.81. The Morgan fingerprint density at radius 2 is 1.83 bits per heavy atom. The zero-order valence-corrected chi connectivity index (χ0v) is 24.4. The second-order valence-corrected chi connectivity index (χ2v) is 11.7. The molecule has 0 saturated carbocycles. The highest BCUT2D eigenvalue weighted by atomic mass is 32.2. The number of imide groups is 1. The number of hydrogen-bond acceptors (Lipinski definition) is 6. The van der Waals surface area contributed by atoms with E-state index < -0.39 is 34.6 Å². The Kier molecular flexibility index (Phi) is 10.6. The van der Waals surface area contributed by atoms with Gasteiger partial charge in [0.25, 0.3) is 5.91 Å². The lowest BCUT2D eigenvalue weighted by Gasteiger charge is -2.30. The van der Waals surface area contributed by atoms with Gasteiger partial charge >= 0.3 is 12.0 Å². The van der Waals surface area contributed by atoms with Gasteiger partial charge in [-0.1, -0.05) is 32.9 Å². The highest BCUT2D eigenvalue weighted by Crippen LogP contribution is 2.38. The van der Waals surface area contributed by atoms with Gasteiger partial charge in [0.05, 0.1) is 12.7 Å². The average Bonchev–Trinajstić information content (AvgIpc) is 2.89. The summed E-state index contributed by atoms with van der Waals surface area (Å²) in [5.74, 6) is -1.37. The van der Waals surface area contributed by atoms with Crippen molar-refractivity contribution in [3.63, 3.8) is 0 Å². The van der Waals surface area contributed by atoms with Crippen molar-refractivity contribution in [3.05, 3.63) is 53.1 Å². The first-order valence-corrected chi connectivity index (χ1v) is 14.2. The predicted molar refractivity (Wildman–Crippen MR) is 154 cm³/mol. The summed E-state index contributed by atoms with van der Waals surface area (Å²) < 4.78 is 28.4. The fourth-order valence-electron chi connectivity index (χ4n) is 4.40. The molecule has 4 amide bonds. The van der Waals surface area contributed by atoms with Crippen LogP contribution in [0, 0.1) is 0 Å². The molecule has 1 aliphatic heterocycles. The molecule has 1 fully saturated rings. The van der Waals surface area contributed by atoms with Gasteiger partial charge in [0.2, 0.25) is 17.2 Å². The Morgan fingerprint density at radius 1 is 1.15 bits per heavy atom. The van der Waals surface area contributed by atoms with E-state index in [4.69, 9.17) is 9.84 Å². The summed E-state index contributed by atoms with van der Waals surface area (Å²) in [5.41, 5.74) is 2.15. The maximum absolute atomic E-state index is 13.5. The first-order chi connectivity index (χ1) is 19.3. The maximum Gasteiger partial charge on any atom is 0.328 e. The van der Waals surface area contributed by atoms with E-state index in [2.05, 4.69) is 10.6 Å². The van der Waals surface area contributed by atoms with Gasteiger partial charge in [0.15, 0.2) is 0 Å². The van der Waals surface area contributed by atoms with Crippen LogP contribution in [0.25, 0.3) is 0 Å². The number of aliphatic carboxylic acids is 1. The molecular weight excluding hydrogens is 552 g/mol. The van der Waals surface area contributed by atoms with Crippen LogP contribution in [-0.2, 0) is 32.8 Å². The zero-order chi connectivity index (χ0) is 30.3. The quantitative estimate of drug-likeness (QED) is 0.214. The smallest absolute Gasteiger partial charge is 0.328 e. The molecule has 1 aliphatic rings. The third kappa shape index (κ3) is 8.59. The van der Waals surface area contributed by atoms with E-state index in [9.17, 15) is 27.9 Å². The van der Waals surface area contributed by atoms with Crippen LogP contribution in [0.4, 0.5) is 16.2 Å². The Hall–Kier alpha value is -3.81. The van der Waals surface area contributed by atoms with Crippen molar-refractivity contribution >= 4 is 46.5 Å². The van der Waals surface area contributed by atoms with Gasteiger partial charge in [-0.3, -0.25) is 29.2 Å². The zero-order valence-electron chi connectivity index (χ0n) is 23.6. The van der Waals surface area contributed by atoms with Crippen LogP contribution >= 0.6 is 0 Å². The topological polar surface area (TPSA) is 166 Å². The molecular formula is C28H36N4O8S. The SMILES string of the molecule is COc1c(C(=O)Nc2ccc(CN(CCCCC(=O)O)S(=O)O)cc2)cc(N2CCC(=O)NC2=O)cc1C(C)(C)C. The van der Waals surface area contributed by atoms with E-state index in [0.717, 1.165) is 5.56 Å². The first-order valence-electron chi connectivity index (χ1n) is 13.1. The third-order valence-corrected chi connectivity index (χ3v) is 7.29. The molecule has 222 valence electrons. The second kappa shape index (κ2) is 13.7. The molecule has 12 nitrogen and oxygen atoms in total. The number of nitrogens with zero attached hydrogens (tertiary/aromatic N) is 2. The number of carboxylic acid groups (broad SMARTS) is 1. The summed E-state index contributed by atoms with van der Waals surface area (Å²) in [6.07, 6.45) is 0.992. The molecule has 41 heavy (non-hydrogen) atoms. The number of ether oxygens (including phenoxy) is 1. The number of carbonyl (C=O) groups excluding carboxylic acids is 3. The van der Waals surface area contributed by atoms with Crippen molar-refractivity contribution in [2.24, 2.45) is 0 Å². The van der Waals surface area contributed by atoms with Crippen LogP contribution in [0.1, 0.15) is 67.9 Å². The van der Waals surface area contributed by atoms with Crippen LogP contribution in [0.2, 0.25) is 0 Å². The number of benzene rings is 2. The van der Waals surface area contributed by atoms with Crippen molar-refractivity contribution in [2.75, 3.05) is 30.4 Å². The van der Waals surface area contributed by atoms with Crippen molar-refractivity contribution in [1.29, 1.82) is 0 Å². The molecule has 1 atom stereocenters. The Morgan fingerprint density at radius 3 is 2.39 bits per heavy atom. The molecule has 2 aromatic carbocycles. The van der Waals surface area contributed by atoms with Crippen molar-refractivity contribution in [2.45, 2.75) is 58.4 Å². The van der Waals surface area contributed by atoms with Gasteiger partial charge in [0, 0.05) is 49.4 Å². The minimum absolute atomic E-state index is 0.00383. The average molecular weight is 589 g/mol. The maximum atomic E-state index is 13.5. The highest BCUT2D eigenvalue weighted by molar-refractivity contribution is 7.76. The third-order valence-electron chi connectivity index (χ3n) is 6.54. The number of nitrogens with one attached hydrogen (secondary N) is 2. The lowest BCUT2D eigenvalue weighted by Crippen LogP contribution is -2.49. The molecule has 1 saturated heterocycles. The standard InChI is InChI=1S/C28H36N4O8S/c1-28(2,3)22-16-20(32-14-12-23(33)30-27(32)37)15-21(25(22)40-4)26(36)29-19-10-8-18(9-11-19)17-31(41(38)39)13-6-5-7-24(34)35/h8-11,15-16H,5-7,12-14,17H2,1-4H3,(H,29,36)(H,34,35)(H,38,39)(H,30,33,37). The number of amides is 4.